The van der Waals surface area contributed by atoms with Crippen molar-refractivity contribution in [1.29, 1.82) is 0 Å². The molecule has 66 valence electrons. The highest BCUT2D eigenvalue weighted by Crippen LogP contribution is 2.23. The van der Waals surface area contributed by atoms with Gasteiger partial charge in [-0.15, -0.1) is 0 Å². The first-order valence-corrected chi connectivity index (χ1v) is 4.37. The lowest BCUT2D eigenvalue weighted by atomic mass is 9.86. The summed E-state index contributed by atoms with van der Waals surface area (Å²) in [6, 6.07) is 4.07. The number of nitrogens with zero attached hydrogens (tertiary/aromatic N) is 2. The third kappa shape index (κ3) is 1.81. The van der Waals surface area contributed by atoms with Crippen molar-refractivity contribution in [3.63, 3.8) is 0 Å². The van der Waals surface area contributed by atoms with Crippen LogP contribution in [-0.2, 0) is 5.41 Å². The number of aromatic nitrogens is 2. The summed E-state index contributed by atoms with van der Waals surface area (Å²) >= 11 is 0. The molecule has 12 heavy (non-hydrogen) atoms. The lowest BCUT2D eigenvalue weighted by Gasteiger charge is -2.20. The van der Waals surface area contributed by atoms with Crippen molar-refractivity contribution < 1.29 is 0 Å². The van der Waals surface area contributed by atoms with E-state index in [2.05, 4.69) is 37.0 Å². The molecule has 0 spiro atoms. The molecule has 0 aliphatic heterocycles. The highest BCUT2D eigenvalue weighted by Gasteiger charge is 2.19. The van der Waals surface area contributed by atoms with Crippen molar-refractivity contribution in [1.82, 2.24) is 10.2 Å². The maximum Gasteiger partial charge on any atom is 0.0687 e. The molecule has 0 aliphatic rings. The van der Waals surface area contributed by atoms with E-state index in [4.69, 9.17) is 0 Å². The molecule has 0 atom stereocenters. The van der Waals surface area contributed by atoms with Gasteiger partial charge in [0.2, 0.25) is 0 Å². The van der Waals surface area contributed by atoms with Crippen molar-refractivity contribution in [3.05, 3.63) is 23.5 Å². The Hall–Kier alpha value is -0.920. The van der Waals surface area contributed by atoms with Gasteiger partial charge < -0.3 is 0 Å². The first kappa shape index (κ1) is 9.17. The molecule has 0 fully saturated rings. The van der Waals surface area contributed by atoms with Gasteiger partial charge in [-0.2, -0.15) is 10.2 Å². The van der Waals surface area contributed by atoms with Crippen molar-refractivity contribution in [2.24, 2.45) is 0 Å². The fraction of sp³-hybridized carbons (Fsp3) is 0.600. The first-order valence-electron chi connectivity index (χ1n) is 4.37. The van der Waals surface area contributed by atoms with Gasteiger partial charge in [-0.3, -0.25) is 0 Å². The standard InChI is InChI=1S/C10H16N2/c1-5-10(3,4)9-7-6-8(2)11-12-9/h6-7H,5H2,1-4H3. The van der Waals surface area contributed by atoms with Crippen molar-refractivity contribution >= 4 is 0 Å². The van der Waals surface area contributed by atoms with Gasteiger partial charge in [0, 0.05) is 5.41 Å². The average molecular weight is 164 g/mol. The molecule has 0 bridgehead atoms. The summed E-state index contributed by atoms with van der Waals surface area (Å²) < 4.78 is 0. The van der Waals surface area contributed by atoms with Crippen LogP contribution in [0.1, 0.15) is 38.6 Å². The zero-order valence-corrected chi connectivity index (χ0v) is 8.26. The quantitative estimate of drug-likeness (QED) is 0.671. The molecule has 0 radical (unpaired) electrons. The van der Waals surface area contributed by atoms with Crippen LogP contribution in [0.2, 0.25) is 0 Å². The fourth-order valence-electron chi connectivity index (χ4n) is 0.941. The van der Waals surface area contributed by atoms with Crippen LogP contribution in [0.5, 0.6) is 0 Å². The molecule has 1 heterocycles. The minimum Gasteiger partial charge on any atom is -0.156 e. The monoisotopic (exact) mass is 164 g/mol. The maximum absolute atomic E-state index is 4.17. The third-order valence-electron chi connectivity index (χ3n) is 2.38. The molecule has 0 unspecified atom stereocenters. The van der Waals surface area contributed by atoms with Gasteiger partial charge in [0.1, 0.15) is 0 Å². The predicted molar refractivity (Wildman–Crippen MR) is 50.1 cm³/mol. The summed E-state index contributed by atoms with van der Waals surface area (Å²) in [5.41, 5.74) is 2.21. The van der Waals surface area contributed by atoms with Crippen LogP contribution >= 0.6 is 0 Å². The third-order valence-corrected chi connectivity index (χ3v) is 2.38. The van der Waals surface area contributed by atoms with Crippen LogP contribution in [0.15, 0.2) is 12.1 Å². The Kier molecular flexibility index (Phi) is 2.46. The SMILES string of the molecule is CCC(C)(C)c1ccc(C)nn1. The minimum absolute atomic E-state index is 0.153. The molecule has 0 aliphatic carbocycles. The summed E-state index contributed by atoms with van der Waals surface area (Å²) in [4.78, 5) is 0. The molecule has 0 aromatic carbocycles. The predicted octanol–water partition coefficient (Wildman–Crippen LogP) is 2.47. The van der Waals surface area contributed by atoms with Crippen LogP contribution in [0.4, 0.5) is 0 Å². The average Bonchev–Trinajstić information content (AvgIpc) is 2.05. The van der Waals surface area contributed by atoms with Gasteiger partial charge in [0.05, 0.1) is 11.4 Å². The molecule has 1 aromatic rings. The Morgan fingerprint density at radius 2 is 1.92 bits per heavy atom. The molecule has 0 saturated carbocycles. The summed E-state index contributed by atoms with van der Waals surface area (Å²) in [7, 11) is 0. The molecule has 0 N–H and O–H groups in total. The summed E-state index contributed by atoms with van der Waals surface area (Å²) in [5, 5.41) is 8.21. The maximum atomic E-state index is 4.17. The van der Waals surface area contributed by atoms with Gasteiger partial charge in [0.15, 0.2) is 0 Å². The van der Waals surface area contributed by atoms with Gasteiger partial charge in [0.25, 0.3) is 0 Å². The Balaban J connectivity index is 2.96. The molecule has 2 heteroatoms. The Labute approximate surface area is 74.0 Å². The molecule has 0 saturated heterocycles. The highest BCUT2D eigenvalue weighted by molar-refractivity contribution is 5.14. The lowest BCUT2D eigenvalue weighted by molar-refractivity contribution is 0.483. The molecular weight excluding hydrogens is 148 g/mol. The summed E-state index contributed by atoms with van der Waals surface area (Å²) in [6.45, 7) is 8.50. The highest BCUT2D eigenvalue weighted by atomic mass is 15.1. The smallest absolute Gasteiger partial charge is 0.0687 e. The van der Waals surface area contributed by atoms with Crippen molar-refractivity contribution in [2.45, 2.75) is 39.5 Å². The van der Waals surface area contributed by atoms with E-state index in [9.17, 15) is 0 Å². The molecular formula is C10H16N2. The Bertz CT molecular complexity index is 249. The van der Waals surface area contributed by atoms with Crippen molar-refractivity contribution in [2.75, 3.05) is 0 Å². The second-order valence-corrected chi connectivity index (χ2v) is 3.80. The summed E-state index contributed by atoms with van der Waals surface area (Å²) in [5.74, 6) is 0. The number of rotatable bonds is 2. The van der Waals surface area contributed by atoms with Crippen LogP contribution < -0.4 is 0 Å². The Morgan fingerprint density at radius 3 is 2.33 bits per heavy atom. The van der Waals surface area contributed by atoms with E-state index in [1.165, 1.54) is 0 Å². The van der Waals surface area contributed by atoms with E-state index in [1.54, 1.807) is 0 Å². The molecule has 0 amide bonds. The topological polar surface area (TPSA) is 25.8 Å². The Morgan fingerprint density at radius 1 is 1.25 bits per heavy atom. The van der Waals surface area contributed by atoms with Gasteiger partial charge in [-0.05, 0) is 25.5 Å². The van der Waals surface area contributed by atoms with Crippen LogP contribution in [-0.4, -0.2) is 10.2 Å². The van der Waals surface area contributed by atoms with E-state index in [0.29, 0.717) is 0 Å². The van der Waals surface area contributed by atoms with E-state index < -0.39 is 0 Å². The lowest BCUT2D eigenvalue weighted by Crippen LogP contribution is -2.17. The molecule has 1 rings (SSSR count). The van der Waals surface area contributed by atoms with Crippen LogP contribution in [0.3, 0.4) is 0 Å². The first-order chi connectivity index (χ1) is 5.56. The second kappa shape index (κ2) is 3.21. The number of hydrogen-bond acceptors (Lipinski definition) is 2. The second-order valence-electron chi connectivity index (χ2n) is 3.80. The zero-order chi connectivity index (χ0) is 9.19. The van der Waals surface area contributed by atoms with E-state index in [1.807, 2.05) is 13.0 Å². The molecule has 2 nitrogen and oxygen atoms in total. The zero-order valence-electron chi connectivity index (χ0n) is 8.26. The van der Waals surface area contributed by atoms with E-state index in [0.717, 1.165) is 17.8 Å². The largest absolute Gasteiger partial charge is 0.156 e. The van der Waals surface area contributed by atoms with E-state index in [-0.39, 0.29) is 5.41 Å². The van der Waals surface area contributed by atoms with Crippen molar-refractivity contribution in [3.8, 4) is 0 Å². The van der Waals surface area contributed by atoms with Crippen LogP contribution in [0.25, 0.3) is 0 Å². The summed E-state index contributed by atoms with van der Waals surface area (Å²) in [6.07, 6.45) is 1.09. The molecule has 1 aromatic heterocycles. The number of hydrogen-bond donors (Lipinski definition) is 0. The van der Waals surface area contributed by atoms with Crippen LogP contribution in [0, 0.1) is 6.92 Å². The minimum atomic E-state index is 0.153. The van der Waals surface area contributed by atoms with Gasteiger partial charge in [-0.25, -0.2) is 0 Å². The van der Waals surface area contributed by atoms with Gasteiger partial charge in [-0.1, -0.05) is 20.8 Å². The normalized spacial score (nSPS) is 11.7. The number of aryl methyl sites for hydroxylation is 1. The van der Waals surface area contributed by atoms with E-state index >= 15 is 0 Å². The fourth-order valence-corrected chi connectivity index (χ4v) is 0.941. The van der Waals surface area contributed by atoms with Gasteiger partial charge >= 0.3 is 0 Å².